The van der Waals surface area contributed by atoms with Gasteiger partial charge in [0.05, 0.1) is 5.56 Å². The first kappa shape index (κ1) is 23.8. The molecule has 1 atom stereocenters. The first-order valence-electron chi connectivity index (χ1n) is 11.5. The minimum atomic E-state index is -1.75. The van der Waals surface area contributed by atoms with Crippen LogP contribution in [0.1, 0.15) is 27.6 Å². The normalized spacial score (nSPS) is 16.7. The number of aryl methyl sites for hydroxylation is 1. The fourth-order valence-electron chi connectivity index (χ4n) is 4.73. The van der Waals surface area contributed by atoms with Crippen molar-refractivity contribution >= 4 is 23.3 Å². The third-order valence-electron chi connectivity index (χ3n) is 6.74. The second-order valence-electron chi connectivity index (χ2n) is 9.55. The Labute approximate surface area is 206 Å². The molecule has 2 aromatic carbocycles. The van der Waals surface area contributed by atoms with Gasteiger partial charge in [-0.2, -0.15) is 0 Å². The smallest absolute Gasteiger partial charge is 0.257 e. The molecule has 5 rings (SSSR count). The number of likely N-dealkylation sites (tertiary alicyclic amines) is 1. The van der Waals surface area contributed by atoms with E-state index in [1.165, 1.54) is 0 Å². The van der Waals surface area contributed by atoms with E-state index < -0.39 is 23.6 Å². The number of amides is 2. The molecule has 1 aromatic heterocycles. The summed E-state index contributed by atoms with van der Waals surface area (Å²) in [6.45, 7) is 5.06. The average molecular weight is 494 g/mol. The molecule has 36 heavy (non-hydrogen) atoms. The predicted molar refractivity (Wildman–Crippen MR) is 130 cm³/mol. The van der Waals surface area contributed by atoms with E-state index in [9.17, 15) is 23.5 Å². The Hall–Kier alpha value is -3.89. The van der Waals surface area contributed by atoms with Crippen LogP contribution in [0.15, 0.2) is 48.7 Å². The van der Waals surface area contributed by atoms with Crippen LogP contribution in [0.5, 0.6) is 0 Å². The van der Waals surface area contributed by atoms with Crippen molar-refractivity contribution in [2.24, 2.45) is 5.41 Å². The Morgan fingerprint density at radius 1 is 1.14 bits per heavy atom. The largest absolute Gasteiger partial charge is 0.383 e. The standard InChI is InChI=1S/C26H25F2N5O3/c1-14-4-19(32-24(35)22(34)15-5-17(27)8-18(28)6-15)2-3-20(14)16-7-21(23(29)31-9-16)25(36)33-12-26(13-33)10-30-11-26/h2-9,22,30,34H,10-13H2,1H3,(H2,29,31)(H,32,35). The zero-order valence-corrected chi connectivity index (χ0v) is 19.5. The molecule has 8 nitrogen and oxygen atoms in total. The van der Waals surface area contributed by atoms with Gasteiger partial charge in [-0.3, -0.25) is 9.59 Å². The van der Waals surface area contributed by atoms with E-state index in [1.807, 2.05) is 6.92 Å². The van der Waals surface area contributed by atoms with E-state index in [4.69, 9.17) is 5.73 Å². The second-order valence-corrected chi connectivity index (χ2v) is 9.55. The van der Waals surface area contributed by atoms with Crippen LogP contribution >= 0.6 is 0 Å². The lowest BCUT2D eigenvalue weighted by molar-refractivity contribution is -0.124. The number of nitrogens with one attached hydrogen (secondary N) is 2. The summed E-state index contributed by atoms with van der Waals surface area (Å²) in [5.41, 5.74) is 9.01. The molecule has 2 fully saturated rings. The Kier molecular flexibility index (Phi) is 5.93. The predicted octanol–water partition coefficient (Wildman–Crippen LogP) is 2.63. The second kappa shape index (κ2) is 8.96. The number of anilines is 2. The van der Waals surface area contributed by atoms with Crippen LogP contribution in [0, 0.1) is 24.0 Å². The molecule has 0 saturated carbocycles. The maximum Gasteiger partial charge on any atom is 0.257 e. The highest BCUT2D eigenvalue weighted by molar-refractivity contribution is 6.00. The number of aliphatic hydroxyl groups is 1. The maximum atomic E-state index is 13.4. The first-order valence-corrected chi connectivity index (χ1v) is 11.5. The van der Waals surface area contributed by atoms with Crippen LogP contribution in [0.4, 0.5) is 20.3 Å². The highest BCUT2D eigenvalue weighted by Crippen LogP contribution is 2.36. The van der Waals surface area contributed by atoms with Gasteiger partial charge >= 0.3 is 0 Å². The van der Waals surface area contributed by atoms with Crippen molar-refractivity contribution in [2.45, 2.75) is 13.0 Å². The molecular weight excluding hydrogens is 468 g/mol. The van der Waals surface area contributed by atoms with Crippen LogP contribution in [-0.2, 0) is 4.79 Å². The number of halogens is 2. The van der Waals surface area contributed by atoms with E-state index in [-0.39, 0.29) is 22.7 Å². The van der Waals surface area contributed by atoms with Gasteiger partial charge in [0.15, 0.2) is 6.10 Å². The molecule has 0 radical (unpaired) electrons. The van der Waals surface area contributed by atoms with Gasteiger partial charge in [-0.1, -0.05) is 6.07 Å². The van der Waals surface area contributed by atoms with Gasteiger partial charge in [0, 0.05) is 55.1 Å². The summed E-state index contributed by atoms with van der Waals surface area (Å²) in [6.07, 6.45) is -0.163. The van der Waals surface area contributed by atoms with Crippen molar-refractivity contribution in [1.29, 1.82) is 0 Å². The Bertz CT molecular complexity index is 1350. The minimum absolute atomic E-state index is 0.149. The van der Waals surface area contributed by atoms with Crippen LogP contribution in [0.2, 0.25) is 0 Å². The number of hydrogen-bond donors (Lipinski definition) is 4. The van der Waals surface area contributed by atoms with Crippen LogP contribution in [0.25, 0.3) is 11.1 Å². The van der Waals surface area contributed by atoms with Crippen LogP contribution in [0.3, 0.4) is 0 Å². The lowest BCUT2D eigenvalue weighted by Gasteiger charge is -2.56. The van der Waals surface area contributed by atoms with E-state index in [0.29, 0.717) is 36.0 Å². The minimum Gasteiger partial charge on any atom is -0.383 e. The molecule has 1 spiro atoms. The number of aliphatic hydroxyl groups excluding tert-OH is 1. The first-order chi connectivity index (χ1) is 17.1. The van der Waals surface area contributed by atoms with E-state index in [0.717, 1.165) is 36.3 Å². The number of carbonyl (C=O) groups is 2. The topological polar surface area (TPSA) is 121 Å². The third-order valence-corrected chi connectivity index (χ3v) is 6.74. The number of aromatic nitrogens is 1. The highest BCUT2D eigenvalue weighted by Gasteiger charge is 2.49. The van der Waals surface area contributed by atoms with E-state index in [1.54, 1.807) is 35.4 Å². The lowest BCUT2D eigenvalue weighted by Crippen LogP contribution is -2.71. The Balaban J connectivity index is 1.31. The molecule has 2 aliphatic heterocycles. The molecule has 2 aliphatic rings. The van der Waals surface area contributed by atoms with Crippen molar-refractivity contribution < 1.29 is 23.5 Å². The molecular formula is C26H25F2N5O3. The van der Waals surface area contributed by atoms with Gasteiger partial charge in [-0.05, 0) is 53.9 Å². The summed E-state index contributed by atoms with van der Waals surface area (Å²) in [4.78, 5) is 31.5. The fourth-order valence-corrected chi connectivity index (χ4v) is 4.73. The van der Waals surface area contributed by atoms with Crippen molar-refractivity contribution in [1.82, 2.24) is 15.2 Å². The summed E-state index contributed by atoms with van der Waals surface area (Å²) in [5, 5.41) is 16.0. The van der Waals surface area contributed by atoms with E-state index >= 15 is 0 Å². The quantitative estimate of drug-likeness (QED) is 0.434. The zero-order valence-electron chi connectivity index (χ0n) is 19.5. The van der Waals surface area contributed by atoms with Gasteiger partial charge in [-0.25, -0.2) is 13.8 Å². The van der Waals surface area contributed by atoms with Gasteiger partial charge in [-0.15, -0.1) is 0 Å². The zero-order chi connectivity index (χ0) is 25.6. The maximum absolute atomic E-state index is 13.4. The summed E-state index contributed by atoms with van der Waals surface area (Å²) in [6, 6.07) is 9.24. The van der Waals surface area contributed by atoms with Gasteiger partial charge in [0.1, 0.15) is 17.5 Å². The van der Waals surface area contributed by atoms with Crippen LogP contribution < -0.4 is 16.4 Å². The number of nitrogens with two attached hydrogens (primary N) is 1. The number of hydrogen-bond acceptors (Lipinski definition) is 6. The fraction of sp³-hybridized carbons (Fsp3) is 0.269. The number of nitrogen functional groups attached to an aromatic ring is 1. The number of nitrogens with zero attached hydrogens (tertiary/aromatic N) is 2. The van der Waals surface area contributed by atoms with Crippen LogP contribution in [-0.4, -0.2) is 53.0 Å². The highest BCUT2D eigenvalue weighted by atomic mass is 19.1. The summed E-state index contributed by atoms with van der Waals surface area (Å²) in [7, 11) is 0. The Morgan fingerprint density at radius 2 is 1.83 bits per heavy atom. The lowest BCUT2D eigenvalue weighted by atomic mass is 9.74. The molecule has 3 heterocycles. The monoisotopic (exact) mass is 493 g/mol. The average Bonchev–Trinajstić information content (AvgIpc) is 2.76. The van der Waals surface area contributed by atoms with Crippen molar-refractivity contribution in [3.05, 3.63) is 77.0 Å². The Morgan fingerprint density at radius 3 is 2.44 bits per heavy atom. The van der Waals surface area contributed by atoms with E-state index in [2.05, 4.69) is 15.6 Å². The van der Waals surface area contributed by atoms with Gasteiger partial charge in [0.2, 0.25) is 0 Å². The summed E-state index contributed by atoms with van der Waals surface area (Å²) >= 11 is 0. The number of benzene rings is 2. The number of pyridine rings is 1. The molecule has 0 bridgehead atoms. The van der Waals surface area contributed by atoms with Crippen molar-refractivity contribution in [3.63, 3.8) is 0 Å². The molecule has 2 saturated heterocycles. The molecule has 3 aromatic rings. The third kappa shape index (κ3) is 4.40. The van der Waals surface area contributed by atoms with Crippen molar-refractivity contribution in [3.8, 4) is 11.1 Å². The molecule has 0 aliphatic carbocycles. The summed E-state index contributed by atoms with van der Waals surface area (Å²) < 4.78 is 26.9. The summed E-state index contributed by atoms with van der Waals surface area (Å²) in [5.74, 6) is -2.59. The van der Waals surface area contributed by atoms with Gasteiger partial charge < -0.3 is 26.4 Å². The number of carbonyl (C=O) groups excluding carboxylic acids is 2. The SMILES string of the molecule is Cc1cc(NC(=O)C(O)c2cc(F)cc(F)c2)ccc1-c1cnc(N)c(C(=O)N2CC3(CNC3)C2)c1. The molecule has 2 amide bonds. The molecule has 5 N–H and O–H groups in total. The number of rotatable bonds is 5. The molecule has 186 valence electrons. The van der Waals surface area contributed by atoms with Gasteiger partial charge in [0.25, 0.3) is 11.8 Å². The molecule has 10 heteroatoms. The van der Waals surface area contributed by atoms with Crippen molar-refractivity contribution in [2.75, 3.05) is 37.2 Å². The molecule has 1 unspecified atom stereocenters.